The highest BCUT2D eigenvalue weighted by Gasteiger charge is 2.33. The molecule has 0 unspecified atom stereocenters. The second-order valence-electron chi connectivity index (χ2n) is 2.35. The third-order valence-corrected chi connectivity index (χ3v) is 2.73. The van der Waals surface area contributed by atoms with E-state index in [1.54, 1.807) is 0 Å². The molecule has 72 valence electrons. The van der Waals surface area contributed by atoms with Gasteiger partial charge in [-0.25, -0.2) is 0 Å². The highest BCUT2D eigenvalue weighted by molar-refractivity contribution is 9.11. The van der Waals surface area contributed by atoms with Gasteiger partial charge < -0.3 is 5.73 Å². The quantitative estimate of drug-likeness (QED) is 0.723. The van der Waals surface area contributed by atoms with E-state index in [1.807, 2.05) is 0 Å². The Bertz CT molecular complexity index is 335. The van der Waals surface area contributed by atoms with E-state index in [1.165, 1.54) is 6.07 Å². The Morgan fingerprint density at radius 1 is 1.08 bits per heavy atom. The van der Waals surface area contributed by atoms with Crippen LogP contribution in [0.2, 0.25) is 0 Å². The topological polar surface area (TPSA) is 26.0 Å². The van der Waals surface area contributed by atoms with Gasteiger partial charge in [0.1, 0.15) is 0 Å². The van der Waals surface area contributed by atoms with Gasteiger partial charge in [0.25, 0.3) is 0 Å². The average molecular weight is 319 g/mol. The molecule has 0 aromatic heterocycles. The smallest absolute Gasteiger partial charge is 0.398 e. The first-order valence-electron chi connectivity index (χ1n) is 3.14. The zero-order valence-electron chi connectivity index (χ0n) is 6.12. The minimum Gasteiger partial charge on any atom is -0.398 e. The molecule has 6 heteroatoms. The van der Waals surface area contributed by atoms with Crippen molar-refractivity contribution in [3.63, 3.8) is 0 Å². The number of rotatable bonds is 0. The van der Waals surface area contributed by atoms with Crippen molar-refractivity contribution in [3.05, 3.63) is 26.6 Å². The molecule has 1 rings (SSSR count). The van der Waals surface area contributed by atoms with Crippen LogP contribution in [0.3, 0.4) is 0 Å². The van der Waals surface area contributed by atoms with Crippen molar-refractivity contribution >= 4 is 37.5 Å². The van der Waals surface area contributed by atoms with Crippen LogP contribution < -0.4 is 5.73 Å². The SMILES string of the molecule is Nc1cc(C(F)(F)F)c(Br)cc1Br. The normalized spacial score (nSPS) is 11.8. The Balaban J connectivity index is 3.32. The van der Waals surface area contributed by atoms with Crippen LogP contribution >= 0.6 is 31.9 Å². The van der Waals surface area contributed by atoms with Crippen LogP contribution in [-0.4, -0.2) is 0 Å². The molecule has 13 heavy (non-hydrogen) atoms. The van der Waals surface area contributed by atoms with Crippen molar-refractivity contribution in [1.82, 2.24) is 0 Å². The number of halogens is 5. The van der Waals surface area contributed by atoms with Gasteiger partial charge >= 0.3 is 6.18 Å². The Kier molecular flexibility index (Phi) is 2.91. The van der Waals surface area contributed by atoms with Gasteiger partial charge in [0.05, 0.1) is 5.56 Å². The zero-order chi connectivity index (χ0) is 10.2. The summed E-state index contributed by atoms with van der Waals surface area (Å²) >= 11 is 5.84. The van der Waals surface area contributed by atoms with Gasteiger partial charge in [0, 0.05) is 14.6 Å². The lowest BCUT2D eigenvalue weighted by atomic mass is 10.2. The van der Waals surface area contributed by atoms with Crippen molar-refractivity contribution in [2.24, 2.45) is 0 Å². The van der Waals surface area contributed by atoms with Gasteiger partial charge in [-0.2, -0.15) is 13.2 Å². The molecular formula is C7H4Br2F3N. The number of anilines is 1. The number of hydrogen-bond acceptors (Lipinski definition) is 1. The summed E-state index contributed by atoms with van der Waals surface area (Å²) < 4.78 is 37.2. The Labute approximate surface area is 89.4 Å². The van der Waals surface area contributed by atoms with Gasteiger partial charge in [-0.3, -0.25) is 0 Å². The second-order valence-corrected chi connectivity index (χ2v) is 4.06. The maximum atomic E-state index is 12.3. The van der Waals surface area contributed by atoms with Gasteiger partial charge in [-0.1, -0.05) is 15.9 Å². The lowest BCUT2D eigenvalue weighted by molar-refractivity contribution is -0.138. The van der Waals surface area contributed by atoms with E-state index in [-0.39, 0.29) is 10.2 Å². The van der Waals surface area contributed by atoms with Gasteiger partial charge in [-0.05, 0) is 28.1 Å². The summed E-state index contributed by atoms with van der Waals surface area (Å²) in [5, 5.41) is 0. The summed E-state index contributed by atoms with van der Waals surface area (Å²) in [6.07, 6.45) is -4.38. The first-order chi connectivity index (χ1) is 5.82. The highest BCUT2D eigenvalue weighted by Crippen LogP contribution is 2.38. The molecule has 0 aliphatic carbocycles. The van der Waals surface area contributed by atoms with Gasteiger partial charge in [0.2, 0.25) is 0 Å². The van der Waals surface area contributed by atoms with E-state index >= 15 is 0 Å². The molecule has 0 amide bonds. The number of hydrogen-bond donors (Lipinski definition) is 1. The van der Waals surface area contributed by atoms with Gasteiger partial charge in [0.15, 0.2) is 0 Å². The molecule has 0 saturated carbocycles. The van der Waals surface area contributed by atoms with Crippen molar-refractivity contribution in [2.45, 2.75) is 6.18 Å². The lowest BCUT2D eigenvalue weighted by Gasteiger charge is -2.10. The van der Waals surface area contributed by atoms with Crippen LogP contribution in [0.15, 0.2) is 21.1 Å². The standard InChI is InChI=1S/C7H4Br2F3N/c8-4-2-5(9)6(13)1-3(4)7(10,11)12/h1-2H,13H2. The summed E-state index contributed by atoms with van der Waals surface area (Å²) in [6.45, 7) is 0. The largest absolute Gasteiger partial charge is 0.417 e. The molecule has 0 aliphatic heterocycles. The molecule has 0 aliphatic rings. The summed E-state index contributed by atoms with van der Waals surface area (Å²) in [5.74, 6) is 0. The monoisotopic (exact) mass is 317 g/mol. The third-order valence-electron chi connectivity index (χ3n) is 1.39. The summed E-state index contributed by atoms with van der Waals surface area (Å²) in [6, 6.07) is 2.16. The van der Waals surface area contributed by atoms with E-state index in [9.17, 15) is 13.2 Å². The van der Waals surface area contributed by atoms with Crippen LogP contribution in [0.1, 0.15) is 5.56 Å². The van der Waals surface area contributed by atoms with Crippen molar-refractivity contribution in [3.8, 4) is 0 Å². The predicted molar refractivity (Wildman–Crippen MR) is 51.3 cm³/mol. The van der Waals surface area contributed by atoms with Crippen LogP contribution in [0.4, 0.5) is 18.9 Å². The number of alkyl halides is 3. The summed E-state index contributed by atoms with van der Waals surface area (Å²) in [4.78, 5) is 0. The van der Waals surface area contributed by atoms with E-state index in [0.29, 0.717) is 4.47 Å². The summed E-state index contributed by atoms with van der Waals surface area (Å²) in [5.41, 5.74) is 4.61. The van der Waals surface area contributed by atoms with Crippen LogP contribution in [0.25, 0.3) is 0 Å². The van der Waals surface area contributed by atoms with Crippen molar-refractivity contribution in [1.29, 1.82) is 0 Å². The fraction of sp³-hybridized carbons (Fsp3) is 0.143. The molecule has 1 nitrogen and oxygen atoms in total. The molecule has 0 radical (unpaired) electrons. The minimum absolute atomic E-state index is 0.0268. The second kappa shape index (κ2) is 3.49. The number of nitrogen functional groups attached to an aromatic ring is 1. The maximum Gasteiger partial charge on any atom is 0.417 e. The van der Waals surface area contributed by atoms with E-state index in [2.05, 4.69) is 31.9 Å². The van der Waals surface area contributed by atoms with Crippen LogP contribution in [-0.2, 0) is 6.18 Å². The van der Waals surface area contributed by atoms with Crippen LogP contribution in [0, 0.1) is 0 Å². The third kappa shape index (κ3) is 2.37. The first-order valence-corrected chi connectivity index (χ1v) is 4.72. The molecule has 2 N–H and O–H groups in total. The van der Waals surface area contributed by atoms with E-state index in [0.717, 1.165) is 6.07 Å². The van der Waals surface area contributed by atoms with Crippen molar-refractivity contribution in [2.75, 3.05) is 5.73 Å². The molecule has 0 heterocycles. The molecule has 1 aromatic carbocycles. The predicted octanol–water partition coefficient (Wildman–Crippen LogP) is 3.81. The molecule has 0 saturated heterocycles. The van der Waals surface area contributed by atoms with Gasteiger partial charge in [-0.15, -0.1) is 0 Å². The zero-order valence-corrected chi connectivity index (χ0v) is 9.29. The van der Waals surface area contributed by atoms with Crippen molar-refractivity contribution < 1.29 is 13.2 Å². The molecule has 0 spiro atoms. The lowest BCUT2D eigenvalue weighted by Crippen LogP contribution is -2.07. The Morgan fingerprint density at radius 2 is 1.62 bits per heavy atom. The number of nitrogens with two attached hydrogens (primary N) is 1. The summed E-state index contributed by atoms with van der Waals surface area (Å²) in [7, 11) is 0. The average Bonchev–Trinajstić information content (AvgIpc) is 1.94. The fourth-order valence-corrected chi connectivity index (χ4v) is 2.00. The van der Waals surface area contributed by atoms with Crippen LogP contribution in [0.5, 0.6) is 0 Å². The molecule has 0 fully saturated rings. The highest BCUT2D eigenvalue weighted by atomic mass is 79.9. The molecular weight excluding hydrogens is 315 g/mol. The Morgan fingerprint density at radius 3 is 2.08 bits per heavy atom. The van der Waals surface area contributed by atoms with E-state index < -0.39 is 11.7 Å². The fourth-order valence-electron chi connectivity index (χ4n) is 0.783. The minimum atomic E-state index is -4.38. The van der Waals surface area contributed by atoms with E-state index in [4.69, 9.17) is 5.73 Å². The Hall–Kier alpha value is -0.230. The maximum absolute atomic E-state index is 12.3. The number of benzene rings is 1. The molecule has 1 aromatic rings. The molecule has 0 atom stereocenters. The molecule has 0 bridgehead atoms. The first kappa shape index (κ1) is 10.8.